The molecule has 0 aromatic heterocycles. The smallest absolute Gasteiger partial charge is 0.311 e. The van der Waals surface area contributed by atoms with Crippen LogP contribution in [0.2, 0.25) is 0 Å². The van der Waals surface area contributed by atoms with E-state index in [-0.39, 0.29) is 35.9 Å². The zero-order valence-corrected chi connectivity index (χ0v) is 16.6. The van der Waals surface area contributed by atoms with Crippen LogP contribution < -0.4 is 5.32 Å². The Hall–Kier alpha value is -0.530. The summed E-state index contributed by atoms with van der Waals surface area (Å²) < 4.78 is 5.50. The van der Waals surface area contributed by atoms with Crippen molar-refractivity contribution in [3.8, 4) is 0 Å². The average Bonchev–Trinajstić information content (AvgIpc) is 2.79. The second-order valence-electron chi connectivity index (χ2n) is 7.04. The van der Waals surface area contributed by atoms with Crippen LogP contribution in [0.4, 0.5) is 0 Å². The highest BCUT2D eigenvalue weighted by Crippen LogP contribution is 2.23. The molecule has 1 saturated carbocycles. The molecule has 6 heteroatoms. The minimum absolute atomic E-state index is 0. The summed E-state index contributed by atoms with van der Waals surface area (Å²) in [5, 5.41) is 3.53. The minimum Gasteiger partial charge on any atom is -0.460 e. The number of carbonyl (C=O) groups excluding carboxylic acids is 1. The molecule has 0 bridgehead atoms. The van der Waals surface area contributed by atoms with Crippen LogP contribution in [0.3, 0.4) is 0 Å². The number of nitrogens with zero attached hydrogens (tertiary/aromatic N) is 2. The highest BCUT2D eigenvalue weighted by molar-refractivity contribution is 14.0. The first-order chi connectivity index (χ1) is 9.89. The molecule has 1 heterocycles. The van der Waals surface area contributed by atoms with Gasteiger partial charge in [0.25, 0.3) is 0 Å². The number of hydrogen-bond donors (Lipinski definition) is 1. The van der Waals surface area contributed by atoms with Gasteiger partial charge in [0, 0.05) is 25.7 Å². The minimum atomic E-state index is -0.408. The summed E-state index contributed by atoms with van der Waals surface area (Å²) in [6.45, 7) is 10.2. The van der Waals surface area contributed by atoms with Crippen molar-refractivity contribution in [1.29, 1.82) is 0 Å². The van der Waals surface area contributed by atoms with Crippen molar-refractivity contribution in [3.63, 3.8) is 0 Å². The van der Waals surface area contributed by atoms with Crippen LogP contribution in [0.15, 0.2) is 4.99 Å². The number of hydrogen-bond acceptors (Lipinski definition) is 3. The predicted molar refractivity (Wildman–Crippen MR) is 99.7 cm³/mol. The molecule has 2 fully saturated rings. The maximum atomic E-state index is 12.2. The van der Waals surface area contributed by atoms with E-state index in [1.807, 2.05) is 27.7 Å². The monoisotopic (exact) mass is 423 g/mol. The first-order valence-corrected chi connectivity index (χ1v) is 8.18. The van der Waals surface area contributed by atoms with Gasteiger partial charge >= 0.3 is 5.97 Å². The molecular formula is C16H30IN3O2. The number of rotatable bonds is 3. The van der Waals surface area contributed by atoms with E-state index in [9.17, 15) is 4.79 Å². The number of guanidine groups is 1. The zero-order valence-electron chi connectivity index (χ0n) is 14.2. The van der Waals surface area contributed by atoms with E-state index in [2.05, 4.69) is 15.2 Å². The zero-order chi connectivity index (χ0) is 15.5. The van der Waals surface area contributed by atoms with Crippen LogP contribution in [0.1, 0.15) is 53.4 Å². The van der Waals surface area contributed by atoms with E-state index in [0.717, 1.165) is 25.5 Å². The quantitative estimate of drug-likeness (QED) is 0.328. The van der Waals surface area contributed by atoms with Gasteiger partial charge < -0.3 is 15.0 Å². The summed E-state index contributed by atoms with van der Waals surface area (Å²) in [5.74, 6) is 0.854. The Balaban J connectivity index is 0.00000242. The van der Waals surface area contributed by atoms with E-state index in [0.29, 0.717) is 12.6 Å². The Labute approximate surface area is 151 Å². The largest absolute Gasteiger partial charge is 0.460 e. The van der Waals surface area contributed by atoms with Gasteiger partial charge in [-0.05, 0) is 53.4 Å². The lowest BCUT2D eigenvalue weighted by atomic mass is 9.93. The molecule has 2 rings (SSSR count). The average molecular weight is 423 g/mol. The number of aliphatic imine (C=N–C) groups is 1. The van der Waals surface area contributed by atoms with Gasteiger partial charge in [-0.15, -0.1) is 24.0 Å². The van der Waals surface area contributed by atoms with E-state index in [1.54, 1.807) is 0 Å². The molecular weight excluding hydrogens is 393 g/mol. The fraction of sp³-hybridized carbons (Fsp3) is 0.875. The molecule has 1 saturated heterocycles. The summed E-state index contributed by atoms with van der Waals surface area (Å²) in [6.07, 6.45) is 4.61. The van der Waals surface area contributed by atoms with Crippen LogP contribution in [-0.4, -0.2) is 48.1 Å². The summed E-state index contributed by atoms with van der Waals surface area (Å²) in [5.41, 5.74) is -0.408. The van der Waals surface area contributed by atoms with Crippen LogP contribution in [0.25, 0.3) is 0 Å². The standard InChI is InChI=1S/C16H29N3O2.HI/c1-5-17-15(18-13-7-6-8-13)19-10-9-12(11-19)14(20)21-16(2,3)4;/h12-13H,5-11H2,1-4H3,(H,17,18);1H. The van der Waals surface area contributed by atoms with E-state index >= 15 is 0 Å². The third-order valence-electron chi connectivity index (χ3n) is 3.97. The molecule has 0 amide bonds. The molecule has 0 aromatic rings. The first kappa shape index (κ1) is 19.5. The van der Waals surface area contributed by atoms with Gasteiger partial charge in [-0.1, -0.05) is 0 Å². The van der Waals surface area contributed by atoms with E-state index in [4.69, 9.17) is 4.74 Å². The molecule has 0 spiro atoms. The maximum Gasteiger partial charge on any atom is 0.311 e. The van der Waals surface area contributed by atoms with Crippen molar-refractivity contribution >= 4 is 35.9 Å². The molecule has 1 unspecified atom stereocenters. The predicted octanol–water partition coefficient (Wildman–Crippen LogP) is 2.79. The Kier molecular flexibility index (Phi) is 7.41. The lowest BCUT2D eigenvalue weighted by Gasteiger charge is -2.31. The Morgan fingerprint density at radius 2 is 2.00 bits per heavy atom. The van der Waals surface area contributed by atoms with Gasteiger partial charge in [0.2, 0.25) is 0 Å². The first-order valence-electron chi connectivity index (χ1n) is 8.18. The van der Waals surface area contributed by atoms with Crippen molar-refractivity contribution < 1.29 is 9.53 Å². The van der Waals surface area contributed by atoms with Crippen LogP contribution in [0.5, 0.6) is 0 Å². The Morgan fingerprint density at radius 3 is 2.50 bits per heavy atom. The normalized spacial score (nSPS) is 22.8. The fourth-order valence-corrected chi connectivity index (χ4v) is 2.65. The summed E-state index contributed by atoms with van der Waals surface area (Å²) >= 11 is 0. The number of esters is 1. The maximum absolute atomic E-state index is 12.2. The second kappa shape index (κ2) is 8.36. The summed E-state index contributed by atoms with van der Waals surface area (Å²) in [4.78, 5) is 18.9. The van der Waals surface area contributed by atoms with E-state index in [1.165, 1.54) is 19.3 Å². The molecule has 0 radical (unpaired) electrons. The number of ether oxygens (including phenoxy) is 1. The molecule has 128 valence electrons. The summed E-state index contributed by atoms with van der Waals surface area (Å²) in [6, 6.07) is 0.566. The van der Waals surface area contributed by atoms with Gasteiger partial charge in [-0.2, -0.15) is 0 Å². The van der Waals surface area contributed by atoms with Crippen molar-refractivity contribution in [2.24, 2.45) is 10.9 Å². The molecule has 5 nitrogen and oxygen atoms in total. The molecule has 0 aromatic carbocycles. The molecule has 1 atom stereocenters. The lowest BCUT2D eigenvalue weighted by Crippen LogP contribution is -2.48. The number of halogens is 1. The third kappa shape index (κ3) is 5.59. The highest BCUT2D eigenvalue weighted by Gasteiger charge is 2.34. The van der Waals surface area contributed by atoms with Crippen molar-refractivity contribution in [2.75, 3.05) is 19.6 Å². The van der Waals surface area contributed by atoms with Gasteiger partial charge in [-0.3, -0.25) is 9.79 Å². The number of carbonyl (C=O) groups is 1. The molecule has 1 aliphatic heterocycles. The van der Waals surface area contributed by atoms with Gasteiger partial charge in [0.1, 0.15) is 5.60 Å². The molecule has 22 heavy (non-hydrogen) atoms. The Morgan fingerprint density at radius 1 is 1.32 bits per heavy atom. The number of nitrogens with one attached hydrogen (secondary N) is 1. The van der Waals surface area contributed by atoms with Gasteiger partial charge in [0.15, 0.2) is 5.96 Å². The second-order valence-corrected chi connectivity index (χ2v) is 7.04. The van der Waals surface area contributed by atoms with Crippen LogP contribution >= 0.6 is 24.0 Å². The van der Waals surface area contributed by atoms with Crippen molar-refractivity contribution in [2.45, 2.75) is 65.0 Å². The molecule has 1 N–H and O–H groups in total. The topological polar surface area (TPSA) is 53.9 Å². The van der Waals surface area contributed by atoms with E-state index < -0.39 is 5.60 Å². The molecule has 2 aliphatic rings. The van der Waals surface area contributed by atoms with Crippen LogP contribution in [-0.2, 0) is 9.53 Å². The van der Waals surface area contributed by atoms with Gasteiger partial charge in [-0.25, -0.2) is 0 Å². The van der Waals surface area contributed by atoms with Crippen LogP contribution in [0, 0.1) is 5.92 Å². The summed E-state index contributed by atoms with van der Waals surface area (Å²) in [7, 11) is 0. The van der Waals surface area contributed by atoms with Crippen molar-refractivity contribution in [1.82, 2.24) is 10.2 Å². The fourth-order valence-electron chi connectivity index (χ4n) is 2.65. The SMILES string of the molecule is CCN=C(NC1CCC1)N1CCC(C(=O)OC(C)(C)C)C1.I. The number of likely N-dealkylation sites (tertiary alicyclic amines) is 1. The van der Waals surface area contributed by atoms with Gasteiger partial charge in [0.05, 0.1) is 5.92 Å². The Bertz CT molecular complexity index is 403. The van der Waals surface area contributed by atoms with Crippen molar-refractivity contribution in [3.05, 3.63) is 0 Å². The molecule has 1 aliphatic carbocycles. The third-order valence-corrected chi connectivity index (χ3v) is 3.97. The lowest BCUT2D eigenvalue weighted by molar-refractivity contribution is -0.159. The highest BCUT2D eigenvalue weighted by atomic mass is 127.